The molecule has 76 valence electrons. The Kier molecular flexibility index (Phi) is 4.76. The fraction of sp³-hybridized carbons (Fsp3) is 0.417. The van der Waals surface area contributed by atoms with E-state index in [4.69, 9.17) is 0 Å². The van der Waals surface area contributed by atoms with E-state index >= 15 is 0 Å². The Morgan fingerprint density at radius 1 is 1.21 bits per heavy atom. The Morgan fingerprint density at radius 3 is 2.57 bits per heavy atom. The van der Waals surface area contributed by atoms with Crippen molar-refractivity contribution < 1.29 is 4.79 Å². The van der Waals surface area contributed by atoms with Gasteiger partial charge in [0.05, 0.1) is 0 Å². The van der Waals surface area contributed by atoms with E-state index in [9.17, 15) is 4.79 Å². The van der Waals surface area contributed by atoms with Gasteiger partial charge in [-0.25, -0.2) is 0 Å². The van der Waals surface area contributed by atoms with Gasteiger partial charge in [0, 0.05) is 25.7 Å². The lowest BCUT2D eigenvalue weighted by atomic mass is 10.2. The van der Waals surface area contributed by atoms with Crippen LogP contribution in [0.15, 0.2) is 30.3 Å². The van der Waals surface area contributed by atoms with Gasteiger partial charge in [-0.15, -0.1) is 0 Å². The quantitative estimate of drug-likeness (QED) is 0.508. The molecule has 14 heavy (non-hydrogen) atoms. The lowest BCUT2D eigenvalue weighted by Crippen LogP contribution is -2.18. The van der Waals surface area contributed by atoms with Crippen LogP contribution in [0.3, 0.4) is 0 Å². The van der Waals surface area contributed by atoms with Gasteiger partial charge in [-0.1, -0.05) is 18.2 Å². The predicted molar refractivity (Wildman–Crippen MR) is 59.6 cm³/mol. The molecule has 0 amide bonds. The number of carbonyl (C=O) groups is 1. The van der Waals surface area contributed by atoms with E-state index < -0.39 is 0 Å². The smallest absolute Gasteiger partial charge is 0.119 e. The summed E-state index contributed by atoms with van der Waals surface area (Å²) in [5, 5.41) is 0. The van der Waals surface area contributed by atoms with Gasteiger partial charge in [0.15, 0.2) is 0 Å². The van der Waals surface area contributed by atoms with Gasteiger partial charge in [-0.2, -0.15) is 0 Å². The second-order valence-corrected chi connectivity index (χ2v) is 3.42. The molecule has 0 fully saturated rings. The Balaban J connectivity index is 2.28. The fourth-order valence-corrected chi connectivity index (χ4v) is 1.39. The first-order chi connectivity index (χ1) is 6.84. The molecule has 0 saturated heterocycles. The molecule has 1 rings (SSSR count). The number of carbonyl (C=O) groups excluding carboxylic acids is 1. The van der Waals surface area contributed by atoms with Crippen molar-refractivity contribution in [3.8, 4) is 0 Å². The zero-order valence-electron chi connectivity index (χ0n) is 8.65. The first-order valence-corrected chi connectivity index (χ1v) is 5.04. The summed E-state index contributed by atoms with van der Waals surface area (Å²) in [6, 6.07) is 10.3. The van der Waals surface area contributed by atoms with Crippen LogP contribution >= 0.6 is 0 Å². The Hall–Kier alpha value is -1.31. The van der Waals surface area contributed by atoms with E-state index in [0.717, 1.165) is 25.7 Å². The highest BCUT2D eigenvalue weighted by molar-refractivity contribution is 5.49. The second-order valence-electron chi connectivity index (χ2n) is 3.42. The number of aldehydes is 1. The summed E-state index contributed by atoms with van der Waals surface area (Å²) in [6.45, 7) is 1.01. The summed E-state index contributed by atoms with van der Waals surface area (Å²) >= 11 is 0. The lowest BCUT2D eigenvalue weighted by Gasteiger charge is -2.18. The molecule has 0 atom stereocenters. The van der Waals surface area contributed by atoms with Crippen LogP contribution < -0.4 is 4.90 Å². The second kappa shape index (κ2) is 6.19. The SMILES string of the molecule is CN(CCCCC=O)c1ccccc1. The molecule has 2 heteroatoms. The summed E-state index contributed by atoms with van der Waals surface area (Å²) < 4.78 is 0. The van der Waals surface area contributed by atoms with E-state index in [1.165, 1.54) is 5.69 Å². The van der Waals surface area contributed by atoms with Crippen molar-refractivity contribution in [3.05, 3.63) is 30.3 Å². The number of benzene rings is 1. The first-order valence-electron chi connectivity index (χ1n) is 5.04. The van der Waals surface area contributed by atoms with Crippen molar-refractivity contribution in [2.24, 2.45) is 0 Å². The van der Waals surface area contributed by atoms with Gasteiger partial charge in [-0.05, 0) is 25.0 Å². The maximum absolute atomic E-state index is 10.1. The van der Waals surface area contributed by atoms with E-state index in [2.05, 4.69) is 24.1 Å². The number of para-hydroxylation sites is 1. The van der Waals surface area contributed by atoms with Crippen LogP contribution in [0.25, 0.3) is 0 Å². The van der Waals surface area contributed by atoms with Crippen molar-refractivity contribution in [1.82, 2.24) is 0 Å². The molecule has 0 unspecified atom stereocenters. The number of anilines is 1. The molecule has 0 radical (unpaired) electrons. The minimum Gasteiger partial charge on any atom is -0.375 e. The van der Waals surface area contributed by atoms with Gasteiger partial charge >= 0.3 is 0 Å². The largest absolute Gasteiger partial charge is 0.375 e. The molecule has 0 saturated carbocycles. The molecular weight excluding hydrogens is 174 g/mol. The highest BCUT2D eigenvalue weighted by atomic mass is 16.1. The number of hydrogen-bond donors (Lipinski definition) is 0. The van der Waals surface area contributed by atoms with E-state index in [0.29, 0.717) is 6.42 Å². The maximum Gasteiger partial charge on any atom is 0.119 e. The van der Waals surface area contributed by atoms with Crippen molar-refractivity contribution in [2.45, 2.75) is 19.3 Å². The highest BCUT2D eigenvalue weighted by Crippen LogP contribution is 2.11. The van der Waals surface area contributed by atoms with E-state index in [-0.39, 0.29) is 0 Å². The van der Waals surface area contributed by atoms with Crippen LogP contribution in [0.4, 0.5) is 5.69 Å². The van der Waals surface area contributed by atoms with Gasteiger partial charge in [-0.3, -0.25) is 0 Å². The average Bonchev–Trinajstić information content (AvgIpc) is 2.25. The zero-order chi connectivity index (χ0) is 10.2. The van der Waals surface area contributed by atoms with E-state index in [1.54, 1.807) is 0 Å². The molecule has 2 nitrogen and oxygen atoms in total. The van der Waals surface area contributed by atoms with Crippen molar-refractivity contribution in [2.75, 3.05) is 18.5 Å². The molecule has 0 aliphatic carbocycles. The number of unbranched alkanes of at least 4 members (excludes halogenated alkanes) is 2. The Morgan fingerprint density at radius 2 is 1.93 bits per heavy atom. The van der Waals surface area contributed by atoms with Crippen LogP contribution in [-0.4, -0.2) is 19.9 Å². The standard InChI is InChI=1S/C12H17NO/c1-13(10-6-3-7-11-14)12-8-4-2-5-9-12/h2,4-5,8-9,11H,3,6-7,10H2,1H3. The van der Waals surface area contributed by atoms with Gasteiger partial charge in [0.1, 0.15) is 6.29 Å². The van der Waals surface area contributed by atoms with Crippen LogP contribution in [-0.2, 0) is 4.79 Å². The van der Waals surface area contributed by atoms with E-state index in [1.807, 2.05) is 18.2 Å². The Labute approximate surface area is 85.5 Å². The summed E-state index contributed by atoms with van der Waals surface area (Å²) in [5.74, 6) is 0. The van der Waals surface area contributed by atoms with Crippen LogP contribution in [0.2, 0.25) is 0 Å². The molecule has 1 aromatic rings. The molecule has 0 heterocycles. The zero-order valence-corrected chi connectivity index (χ0v) is 8.65. The van der Waals surface area contributed by atoms with Gasteiger partial charge in [0.25, 0.3) is 0 Å². The third-order valence-corrected chi connectivity index (χ3v) is 2.26. The molecule has 0 spiro atoms. The Bertz CT molecular complexity index is 258. The fourth-order valence-electron chi connectivity index (χ4n) is 1.39. The summed E-state index contributed by atoms with van der Waals surface area (Å²) in [4.78, 5) is 12.3. The third-order valence-electron chi connectivity index (χ3n) is 2.26. The molecule has 0 aromatic heterocycles. The summed E-state index contributed by atoms with van der Waals surface area (Å²) in [5.41, 5.74) is 1.23. The van der Waals surface area contributed by atoms with Gasteiger partial charge < -0.3 is 9.69 Å². The highest BCUT2D eigenvalue weighted by Gasteiger charge is 1.98. The molecule has 0 aliphatic heterocycles. The first kappa shape index (κ1) is 10.8. The number of nitrogens with zero attached hydrogens (tertiary/aromatic N) is 1. The van der Waals surface area contributed by atoms with Crippen molar-refractivity contribution >= 4 is 12.0 Å². The van der Waals surface area contributed by atoms with Crippen molar-refractivity contribution in [3.63, 3.8) is 0 Å². The topological polar surface area (TPSA) is 20.3 Å². The lowest BCUT2D eigenvalue weighted by molar-refractivity contribution is -0.107. The molecule has 0 aliphatic rings. The normalized spacial score (nSPS) is 9.79. The summed E-state index contributed by atoms with van der Waals surface area (Å²) in [7, 11) is 2.08. The minimum atomic E-state index is 0.683. The molecule has 0 bridgehead atoms. The van der Waals surface area contributed by atoms with Gasteiger partial charge in [0.2, 0.25) is 0 Å². The minimum absolute atomic E-state index is 0.683. The summed E-state index contributed by atoms with van der Waals surface area (Å²) in [6.07, 6.45) is 3.73. The number of rotatable bonds is 6. The third kappa shape index (κ3) is 3.60. The monoisotopic (exact) mass is 191 g/mol. The van der Waals surface area contributed by atoms with Crippen LogP contribution in [0.1, 0.15) is 19.3 Å². The van der Waals surface area contributed by atoms with Crippen LogP contribution in [0, 0.1) is 0 Å². The average molecular weight is 191 g/mol. The van der Waals surface area contributed by atoms with Crippen LogP contribution in [0.5, 0.6) is 0 Å². The predicted octanol–water partition coefficient (Wildman–Crippen LogP) is 2.49. The molecule has 0 N–H and O–H groups in total. The molecule has 1 aromatic carbocycles. The van der Waals surface area contributed by atoms with Crippen molar-refractivity contribution in [1.29, 1.82) is 0 Å². The number of hydrogen-bond acceptors (Lipinski definition) is 2. The maximum atomic E-state index is 10.1. The molecular formula is C12H17NO.